The third kappa shape index (κ3) is 3.99. The van der Waals surface area contributed by atoms with Gasteiger partial charge < -0.3 is 15.0 Å². The molecule has 6 heteroatoms. The lowest BCUT2D eigenvalue weighted by Gasteiger charge is -2.36. The number of halogens is 1. The van der Waals surface area contributed by atoms with E-state index in [1.165, 1.54) is 0 Å². The molecule has 1 fully saturated rings. The third-order valence-corrected chi connectivity index (χ3v) is 3.67. The van der Waals surface area contributed by atoms with Gasteiger partial charge in [-0.2, -0.15) is 0 Å². The van der Waals surface area contributed by atoms with E-state index in [-0.39, 0.29) is 31.1 Å². The van der Waals surface area contributed by atoms with Gasteiger partial charge in [-0.3, -0.25) is 9.59 Å². The molecular formula is C16H21ClN2O3. The van der Waals surface area contributed by atoms with Gasteiger partial charge in [0.2, 0.25) is 5.91 Å². The van der Waals surface area contributed by atoms with Crippen LogP contribution < -0.4 is 10.2 Å². The summed E-state index contributed by atoms with van der Waals surface area (Å²) in [7, 11) is 0. The van der Waals surface area contributed by atoms with Crippen molar-refractivity contribution in [3.05, 3.63) is 29.3 Å². The zero-order chi connectivity index (χ0) is 16.3. The maximum absolute atomic E-state index is 12.2. The Hall–Kier alpha value is -1.59. The molecule has 1 aromatic carbocycles. The number of benzene rings is 1. The molecule has 0 unspecified atom stereocenters. The number of nitrogens with one attached hydrogen (secondary N) is 1. The van der Waals surface area contributed by atoms with Crippen LogP contribution in [-0.2, 0) is 14.3 Å². The zero-order valence-corrected chi connectivity index (χ0v) is 13.8. The number of esters is 1. The number of amides is 1. The predicted molar refractivity (Wildman–Crippen MR) is 86.0 cm³/mol. The summed E-state index contributed by atoms with van der Waals surface area (Å²) in [5, 5.41) is 3.66. The maximum atomic E-state index is 12.2. The molecule has 0 aromatic heterocycles. The molecule has 120 valence electrons. The largest absolute Gasteiger partial charge is 0.463 e. The number of hydrogen-bond acceptors (Lipinski definition) is 4. The van der Waals surface area contributed by atoms with Crippen molar-refractivity contribution in [1.82, 2.24) is 5.32 Å². The maximum Gasteiger partial charge on any atom is 0.311 e. The lowest BCUT2D eigenvalue weighted by molar-refractivity contribution is -0.153. The third-order valence-electron chi connectivity index (χ3n) is 3.41. The van der Waals surface area contributed by atoms with Crippen LogP contribution in [-0.4, -0.2) is 37.6 Å². The monoisotopic (exact) mass is 324 g/mol. The fourth-order valence-corrected chi connectivity index (χ4v) is 2.33. The Labute approximate surface area is 135 Å². The number of rotatable bonds is 3. The standard InChI is InChI=1S/C16H21ClN2O3/c1-16(2,3)15(21)22-10-13-8-18-9-14(20)19(13)12-6-4-11(17)5-7-12/h4-7,13,18H,8-10H2,1-3H3/t13-/m0/s1. The van der Waals surface area contributed by atoms with E-state index in [0.717, 1.165) is 5.69 Å². The second-order valence-electron chi connectivity index (χ2n) is 6.37. The summed E-state index contributed by atoms with van der Waals surface area (Å²) in [4.78, 5) is 25.8. The summed E-state index contributed by atoms with van der Waals surface area (Å²) in [5.74, 6) is -0.327. The molecule has 0 aliphatic carbocycles. The lowest BCUT2D eigenvalue weighted by Crippen LogP contribution is -2.57. The highest BCUT2D eigenvalue weighted by molar-refractivity contribution is 6.30. The Morgan fingerprint density at radius 1 is 1.36 bits per heavy atom. The van der Waals surface area contributed by atoms with Crippen molar-refractivity contribution in [2.75, 3.05) is 24.6 Å². The first kappa shape index (κ1) is 16.8. The highest BCUT2D eigenvalue weighted by Gasteiger charge is 2.31. The molecule has 1 amide bonds. The van der Waals surface area contributed by atoms with E-state index in [1.54, 1.807) is 49.9 Å². The van der Waals surface area contributed by atoms with Gasteiger partial charge in [0, 0.05) is 17.3 Å². The van der Waals surface area contributed by atoms with Crippen molar-refractivity contribution < 1.29 is 14.3 Å². The molecule has 1 N–H and O–H groups in total. The van der Waals surface area contributed by atoms with Gasteiger partial charge in [-0.05, 0) is 45.0 Å². The van der Waals surface area contributed by atoms with Crippen LogP contribution in [0.25, 0.3) is 0 Å². The van der Waals surface area contributed by atoms with Gasteiger partial charge in [0.25, 0.3) is 0 Å². The quantitative estimate of drug-likeness (QED) is 0.866. The molecule has 0 saturated carbocycles. The van der Waals surface area contributed by atoms with E-state index in [9.17, 15) is 9.59 Å². The smallest absolute Gasteiger partial charge is 0.311 e. The molecule has 5 nitrogen and oxygen atoms in total. The Morgan fingerprint density at radius 2 is 2.00 bits per heavy atom. The zero-order valence-electron chi connectivity index (χ0n) is 13.1. The molecule has 1 aliphatic heterocycles. The lowest BCUT2D eigenvalue weighted by atomic mass is 9.97. The first-order chi connectivity index (χ1) is 10.3. The Kier molecular flexibility index (Phi) is 5.08. The Balaban J connectivity index is 2.12. The predicted octanol–water partition coefficient (Wildman–Crippen LogP) is 2.23. The van der Waals surface area contributed by atoms with Crippen LogP contribution in [0.4, 0.5) is 5.69 Å². The van der Waals surface area contributed by atoms with E-state index in [0.29, 0.717) is 11.6 Å². The van der Waals surface area contributed by atoms with Crippen LogP contribution in [0, 0.1) is 5.41 Å². The van der Waals surface area contributed by atoms with Crippen molar-refractivity contribution in [2.24, 2.45) is 5.41 Å². The van der Waals surface area contributed by atoms with Gasteiger partial charge in [-0.25, -0.2) is 0 Å². The molecule has 1 aliphatic rings. The summed E-state index contributed by atoms with van der Waals surface area (Å²) in [5.41, 5.74) is 0.199. The molecule has 1 atom stereocenters. The van der Waals surface area contributed by atoms with Crippen LogP contribution in [0.1, 0.15) is 20.8 Å². The van der Waals surface area contributed by atoms with Gasteiger partial charge in [-0.15, -0.1) is 0 Å². The Morgan fingerprint density at radius 3 is 2.59 bits per heavy atom. The van der Waals surface area contributed by atoms with Crippen molar-refractivity contribution in [1.29, 1.82) is 0 Å². The van der Waals surface area contributed by atoms with E-state index >= 15 is 0 Å². The number of carbonyl (C=O) groups is 2. The molecule has 0 radical (unpaired) electrons. The van der Waals surface area contributed by atoms with Crippen molar-refractivity contribution >= 4 is 29.2 Å². The fraction of sp³-hybridized carbons (Fsp3) is 0.500. The number of piperazine rings is 1. The number of hydrogen-bond donors (Lipinski definition) is 1. The highest BCUT2D eigenvalue weighted by atomic mass is 35.5. The molecular weight excluding hydrogens is 304 g/mol. The number of nitrogens with zero attached hydrogens (tertiary/aromatic N) is 1. The fourth-order valence-electron chi connectivity index (χ4n) is 2.20. The SMILES string of the molecule is CC(C)(C)C(=O)OC[C@@H]1CNCC(=O)N1c1ccc(Cl)cc1. The van der Waals surface area contributed by atoms with Crippen LogP contribution in [0.15, 0.2) is 24.3 Å². The first-order valence-electron chi connectivity index (χ1n) is 7.24. The van der Waals surface area contributed by atoms with E-state index in [1.807, 2.05) is 0 Å². The van der Waals surface area contributed by atoms with Crippen molar-refractivity contribution in [2.45, 2.75) is 26.8 Å². The molecule has 1 saturated heterocycles. The van der Waals surface area contributed by atoms with E-state index in [2.05, 4.69) is 5.32 Å². The molecule has 1 heterocycles. The number of ether oxygens (including phenoxy) is 1. The average Bonchev–Trinajstić information content (AvgIpc) is 2.45. The van der Waals surface area contributed by atoms with Crippen LogP contribution in [0.5, 0.6) is 0 Å². The van der Waals surface area contributed by atoms with Crippen LogP contribution in [0.2, 0.25) is 5.02 Å². The molecule has 2 rings (SSSR count). The minimum absolute atomic E-state index is 0.0506. The normalized spacial score (nSPS) is 19.2. The van der Waals surface area contributed by atoms with Gasteiger partial charge in [0.05, 0.1) is 18.0 Å². The first-order valence-corrected chi connectivity index (χ1v) is 7.62. The van der Waals surface area contributed by atoms with Gasteiger partial charge >= 0.3 is 5.97 Å². The topological polar surface area (TPSA) is 58.6 Å². The minimum Gasteiger partial charge on any atom is -0.463 e. The minimum atomic E-state index is -0.558. The van der Waals surface area contributed by atoms with Gasteiger partial charge in [-0.1, -0.05) is 11.6 Å². The van der Waals surface area contributed by atoms with E-state index < -0.39 is 5.41 Å². The highest BCUT2D eigenvalue weighted by Crippen LogP contribution is 2.22. The molecule has 22 heavy (non-hydrogen) atoms. The van der Waals surface area contributed by atoms with Crippen LogP contribution >= 0.6 is 11.6 Å². The molecule has 0 spiro atoms. The second kappa shape index (κ2) is 6.67. The summed E-state index contributed by atoms with van der Waals surface area (Å²) in [6, 6.07) is 6.84. The summed E-state index contributed by atoms with van der Waals surface area (Å²) in [6.45, 7) is 6.42. The van der Waals surface area contributed by atoms with Gasteiger partial charge in [0.1, 0.15) is 6.61 Å². The van der Waals surface area contributed by atoms with Crippen LogP contribution in [0.3, 0.4) is 0 Å². The summed E-state index contributed by atoms with van der Waals surface area (Å²) in [6.07, 6.45) is 0. The molecule has 0 bridgehead atoms. The molecule has 1 aromatic rings. The van der Waals surface area contributed by atoms with E-state index in [4.69, 9.17) is 16.3 Å². The number of anilines is 1. The summed E-state index contributed by atoms with van der Waals surface area (Å²) < 4.78 is 5.37. The van der Waals surface area contributed by atoms with Crippen molar-refractivity contribution in [3.8, 4) is 0 Å². The van der Waals surface area contributed by atoms with Crippen molar-refractivity contribution in [3.63, 3.8) is 0 Å². The average molecular weight is 325 g/mol. The number of carbonyl (C=O) groups excluding carboxylic acids is 2. The Bertz CT molecular complexity index is 552. The second-order valence-corrected chi connectivity index (χ2v) is 6.81. The van der Waals surface area contributed by atoms with Gasteiger partial charge in [0.15, 0.2) is 0 Å². The summed E-state index contributed by atoms with van der Waals surface area (Å²) >= 11 is 5.89.